The predicted molar refractivity (Wildman–Crippen MR) is 76.8 cm³/mol. The number of hydrogen-bond donors (Lipinski definition) is 1. The molecular weight excluding hydrogens is 325 g/mol. The molecule has 0 saturated carbocycles. The molecule has 20 heavy (non-hydrogen) atoms. The van der Waals surface area contributed by atoms with Gasteiger partial charge in [0.25, 0.3) is 0 Å². The SMILES string of the molecule is CC1(c2nc(-c3ccc(F)cc3Br)no2)CCNCC1. The summed E-state index contributed by atoms with van der Waals surface area (Å²) in [7, 11) is 0. The lowest BCUT2D eigenvalue weighted by molar-refractivity contribution is 0.241. The Morgan fingerprint density at radius 1 is 1.35 bits per heavy atom. The molecule has 1 saturated heterocycles. The Hall–Kier alpha value is -1.27. The number of piperidine rings is 1. The summed E-state index contributed by atoms with van der Waals surface area (Å²) in [5.41, 5.74) is 0.655. The van der Waals surface area contributed by atoms with Crippen molar-refractivity contribution in [2.75, 3.05) is 13.1 Å². The van der Waals surface area contributed by atoms with Gasteiger partial charge >= 0.3 is 0 Å². The normalized spacial score (nSPS) is 18.1. The van der Waals surface area contributed by atoms with Crippen molar-refractivity contribution in [2.45, 2.75) is 25.2 Å². The van der Waals surface area contributed by atoms with Crippen molar-refractivity contribution in [3.63, 3.8) is 0 Å². The van der Waals surface area contributed by atoms with Crippen LogP contribution < -0.4 is 5.32 Å². The van der Waals surface area contributed by atoms with Crippen molar-refractivity contribution >= 4 is 15.9 Å². The number of nitrogens with zero attached hydrogens (tertiary/aromatic N) is 2. The molecule has 1 aliphatic heterocycles. The molecule has 1 N–H and O–H groups in total. The fourth-order valence-electron chi connectivity index (χ4n) is 2.44. The van der Waals surface area contributed by atoms with Crippen molar-refractivity contribution in [3.8, 4) is 11.4 Å². The molecule has 4 nitrogen and oxygen atoms in total. The number of benzene rings is 1. The fourth-order valence-corrected chi connectivity index (χ4v) is 2.97. The van der Waals surface area contributed by atoms with Crippen LogP contribution in [-0.2, 0) is 5.41 Å². The van der Waals surface area contributed by atoms with Gasteiger partial charge in [-0.3, -0.25) is 0 Å². The van der Waals surface area contributed by atoms with E-state index in [1.807, 2.05) is 0 Å². The molecule has 1 fully saturated rings. The van der Waals surface area contributed by atoms with E-state index < -0.39 is 0 Å². The highest BCUT2D eigenvalue weighted by Gasteiger charge is 2.34. The van der Waals surface area contributed by atoms with Crippen LogP contribution in [0.15, 0.2) is 27.2 Å². The van der Waals surface area contributed by atoms with Gasteiger partial charge in [-0.15, -0.1) is 0 Å². The van der Waals surface area contributed by atoms with Crippen molar-refractivity contribution < 1.29 is 8.91 Å². The van der Waals surface area contributed by atoms with E-state index in [0.29, 0.717) is 16.2 Å². The average Bonchev–Trinajstić information content (AvgIpc) is 2.90. The van der Waals surface area contributed by atoms with Gasteiger partial charge < -0.3 is 9.84 Å². The van der Waals surface area contributed by atoms with E-state index in [0.717, 1.165) is 31.5 Å². The maximum Gasteiger partial charge on any atom is 0.232 e. The second kappa shape index (κ2) is 5.26. The van der Waals surface area contributed by atoms with Crippen molar-refractivity contribution in [3.05, 3.63) is 34.4 Å². The van der Waals surface area contributed by atoms with Gasteiger partial charge in [-0.1, -0.05) is 12.1 Å². The molecule has 0 radical (unpaired) electrons. The second-order valence-electron chi connectivity index (χ2n) is 5.36. The van der Waals surface area contributed by atoms with Gasteiger partial charge in [0, 0.05) is 15.5 Å². The molecule has 0 atom stereocenters. The molecule has 0 unspecified atom stereocenters. The maximum absolute atomic E-state index is 13.1. The largest absolute Gasteiger partial charge is 0.338 e. The molecular formula is C14H15BrFN3O. The Bertz CT molecular complexity index is 623. The quantitative estimate of drug-likeness (QED) is 0.912. The molecule has 0 aliphatic carbocycles. The minimum atomic E-state index is -0.297. The van der Waals surface area contributed by atoms with Crippen LogP contribution in [0.25, 0.3) is 11.4 Å². The summed E-state index contributed by atoms with van der Waals surface area (Å²) >= 11 is 3.33. The third-order valence-electron chi connectivity index (χ3n) is 3.82. The number of halogens is 2. The summed E-state index contributed by atoms with van der Waals surface area (Å²) in [4.78, 5) is 4.51. The summed E-state index contributed by atoms with van der Waals surface area (Å²) in [6.45, 7) is 4.05. The lowest BCUT2D eigenvalue weighted by Crippen LogP contribution is -2.37. The van der Waals surface area contributed by atoms with Gasteiger partial charge in [0.15, 0.2) is 0 Å². The third-order valence-corrected chi connectivity index (χ3v) is 4.48. The summed E-state index contributed by atoms with van der Waals surface area (Å²) in [6, 6.07) is 4.44. The summed E-state index contributed by atoms with van der Waals surface area (Å²) in [6.07, 6.45) is 1.94. The van der Waals surface area contributed by atoms with Crippen LogP contribution in [0.4, 0.5) is 4.39 Å². The standard InChI is InChI=1S/C14H15BrFN3O/c1-14(4-6-17-7-5-14)13-18-12(19-20-13)10-3-2-9(16)8-11(10)15/h2-3,8,17H,4-7H2,1H3. The van der Waals surface area contributed by atoms with E-state index in [1.54, 1.807) is 6.07 Å². The lowest BCUT2D eigenvalue weighted by atomic mass is 9.81. The van der Waals surface area contributed by atoms with Crippen LogP contribution in [0.5, 0.6) is 0 Å². The molecule has 106 valence electrons. The van der Waals surface area contributed by atoms with Crippen LogP contribution >= 0.6 is 15.9 Å². The Balaban J connectivity index is 1.93. The number of aromatic nitrogens is 2. The predicted octanol–water partition coefficient (Wildman–Crippen LogP) is 3.28. The van der Waals surface area contributed by atoms with Crippen LogP contribution in [0.3, 0.4) is 0 Å². The van der Waals surface area contributed by atoms with Crippen LogP contribution in [0, 0.1) is 5.82 Å². The first-order valence-electron chi connectivity index (χ1n) is 6.59. The highest BCUT2D eigenvalue weighted by atomic mass is 79.9. The molecule has 3 rings (SSSR count). The zero-order valence-corrected chi connectivity index (χ0v) is 12.7. The first-order chi connectivity index (χ1) is 9.58. The second-order valence-corrected chi connectivity index (χ2v) is 6.21. The molecule has 0 bridgehead atoms. The number of rotatable bonds is 2. The Morgan fingerprint density at radius 2 is 2.10 bits per heavy atom. The summed E-state index contributed by atoms with van der Waals surface area (Å²) < 4.78 is 19.2. The summed E-state index contributed by atoms with van der Waals surface area (Å²) in [5, 5.41) is 7.36. The van der Waals surface area contributed by atoms with Gasteiger partial charge in [0.1, 0.15) is 5.82 Å². The van der Waals surface area contributed by atoms with E-state index in [4.69, 9.17) is 4.52 Å². The van der Waals surface area contributed by atoms with Crippen molar-refractivity contribution in [1.82, 2.24) is 15.5 Å². The van der Waals surface area contributed by atoms with Crippen LogP contribution in [0.2, 0.25) is 0 Å². The Morgan fingerprint density at radius 3 is 2.80 bits per heavy atom. The molecule has 0 spiro atoms. The smallest absolute Gasteiger partial charge is 0.232 e. The maximum atomic E-state index is 13.1. The zero-order valence-electron chi connectivity index (χ0n) is 11.1. The highest BCUT2D eigenvalue weighted by molar-refractivity contribution is 9.10. The van der Waals surface area contributed by atoms with Gasteiger partial charge in [-0.05, 0) is 60.1 Å². The van der Waals surface area contributed by atoms with Gasteiger partial charge in [0.2, 0.25) is 11.7 Å². The first-order valence-corrected chi connectivity index (χ1v) is 7.38. The monoisotopic (exact) mass is 339 g/mol. The number of nitrogens with one attached hydrogen (secondary N) is 1. The van der Waals surface area contributed by atoms with E-state index in [-0.39, 0.29) is 11.2 Å². The molecule has 1 aliphatic rings. The van der Waals surface area contributed by atoms with Gasteiger partial charge in [0.05, 0.1) is 0 Å². The Kier molecular flexibility index (Phi) is 3.60. The van der Waals surface area contributed by atoms with E-state index in [1.165, 1.54) is 12.1 Å². The van der Waals surface area contributed by atoms with Gasteiger partial charge in [-0.25, -0.2) is 4.39 Å². The van der Waals surface area contributed by atoms with E-state index in [9.17, 15) is 4.39 Å². The minimum absolute atomic E-state index is 0.0804. The highest BCUT2D eigenvalue weighted by Crippen LogP contribution is 2.34. The number of hydrogen-bond acceptors (Lipinski definition) is 4. The van der Waals surface area contributed by atoms with Crippen LogP contribution in [0.1, 0.15) is 25.7 Å². The third kappa shape index (κ3) is 2.50. The fraction of sp³-hybridized carbons (Fsp3) is 0.429. The molecule has 0 amide bonds. The first kappa shape index (κ1) is 13.7. The van der Waals surface area contributed by atoms with E-state index >= 15 is 0 Å². The average molecular weight is 340 g/mol. The molecule has 2 heterocycles. The van der Waals surface area contributed by atoms with Gasteiger partial charge in [-0.2, -0.15) is 4.98 Å². The zero-order chi connectivity index (χ0) is 14.2. The molecule has 2 aromatic rings. The van der Waals surface area contributed by atoms with Crippen molar-refractivity contribution in [1.29, 1.82) is 0 Å². The molecule has 6 heteroatoms. The molecule has 1 aromatic carbocycles. The lowest BCUT2D eigenvalue weighted by Gasteiger charge is -2.30. The topological polar surface area (TPSA) is 51.0 Å². The van der Waals surface area contributed by atoms with Crippen molar-refractivity contribution in [2.24, 2.45) is 0 Å². The van der Waals surface area contributed by atoms with Crippen LogP contribution in [-0.4, -0.2) is 23.2 Å². The van der Waals surface area contributed by atoms with E-state index in [2.05, 4.69) is 38.3 Å². The summed E-state index contributed by atoms with van der Waals surface area (Å²) in [5.74, 6) is 0.853. The minimum Gasteiger partial charge on any atom is -0.338 e. The Labute approximate surface area is 124 Å². The molecule has 1 aromatic heterocycles.